The van der Waals surface area contributed by atoms with Crippen molar-refractivity contribution in [1.82, 2.24) is 0 Å². The van der Waals surface area contributed by atoms with Gasteiger partial charge in [-0.05, 0) is 72.1 Å². The van der Waals surface area contributed by atoms with Crippen molar-refractivity contribution in [3.63, 3.8) is 0 Å². The van der Waals surface area contributed by atoms with Gasteiger partial charge in [0.1, 0.15) is 0 Å². The zero-order valence-electron chi connectivity index (χ0n) is 16.9. The lowest BCUT2D eigenvalue weighted by Gasteiger charge is -2.13. The molecule has 0 aliphatic heterocycles. The van der Waals surface area contributed by atoms with E-state index < -0.39 is 0 Å². The highest BCUT2D eigenvalue weighted by Crippen LogP contribution is 2.25. The van der Waals surface area contributed by atoms with Gasteiger partial charge < -0.3 is 10.6 Å². The van der Waals surface area contributed by atoms with Crippen LogP contribution in [0.4, 0.5) is 11.4 Å². The van der Waals surface area contributed by atoms with Gasteiger partial charge in [-0.3, -0.25) is 9.59 Å². The summed E-state index contributed by atoms with van der Waals surface area (Å²) in [4.78, 5) is 25.3. The van der Waals surface area contributed by atoms with E-state index in [9.17, 15) is 9.59 Å². The Bertz CT molecular complexity index is 1250. The number of rotatable bonds is 4. The van der Waals surface area contributed by atoms with Gasteiger partial charge in [-0.15, -0.1) is 0 Å². The summed E-state index contributed by atoms with van der Waals surface area (Å²) in [5.74, 6) is -0.326. The van der Waals surface area contributed by atoms with Crippen molar-refractivity contribution in [1.29, 1.82) is 0 Å². The molecule has 0 aliphatic carbocycles. The highest BCUT2D eigenvalue weighted by atomic mass is 16.2. The molecule has 4 aromatic carbocycles. The average molecular weight is 394 g/mol. The lowest BCUT2D eigenvalue weighted by molar-refractivity contribution is 0.101. The number of nitrogens with one attached hydrogen (secondary N) is 2. The standard InChI is InChI=1S/C26H22N2O2/c1-17-12-14-23(22-11-7-6-10-21(17)22)26(30)28-24-15-13-20(16-18(24)2)27-25(29)19-8-4-3-5-9-19/h3-16H,1-2H3,(H,27,29)(H,28,30). The molecular weight excluding hydrogens is 372 g/mol. The Morgan fingerprint density at radius 2 is 1.33 bits per heavy atom. The van der Waals surface area contributed by atoms with E-state index in [1.807, 2.05) is 80.6 Å². The molecule has 4 rings (SSSR count). The van der Waals surface area contributed by atoms with Gasteiger partial charge in [-0.1, -0.05) is 48.5 Å². The van der Waals surface area contributed by atoms with Crippen LogP contribution in [0, 0.1) is 13.8 Å². The molecule has 2 N–H and O–H groups in total. The zero-order valence-corrected chi connectivity index (χ0v) is 16.9. The molecule has 0 bridgehead atoms. The summed E-state index contributed by atoms with van der Waals surface area (Å²) >= 11 is 0. The summed E-state index contributed by atoms with van der Waals surface area (Å²) in [6.45, 7) is 3.94. The predicted molar refractivity (Wildman–Crippen MR) is 122 cm³/mol. The van der Waals surface area contributed by atoms with Gasteiger partial charge in [0, 0.05) is 22.5 Å². The van der Waals surface area contributed by atoms with Crippen LogP contribution in [0.15, 0.2) is 84.9 Å². The SMILES string of the molecule is Cc1cc(NC(=O)c2ccccc2)ccc1NC(=O)c1ccc(C)c2ccccc12. The number of carbonyl (C=O) groups excluding carboxylic acids is 2. The minimum atomic E-state index is -0.169. The molecule has 148 valence electrons. The van der Waals surface area contributed by atoms with E-state index in [4.69, 9.17) is 0 Å². The third-order valence-electron chi connectivity index (χ3n) is 5.16. The Hall–Kier alpha value is -3.92. The molecule has 0 heterocycles. The van der Waals surface area contributed by atoms with E-state index in [1.165, 1.54) is 0 Å². The van der Waals surface area contributed by atoms with Crippen molar-refractivity contribution in [3.8, 4) is 0 Å². The maximum Gasteiger partial charge on any atom is 0.256 e. The molecule has 2 amide bonds. The molecule has 0 atom stereocenters. The monoisotopic (exact) mass is 394 g/mol. The summed E-state index contributed by atoms with van der Waals surface area (Å²) in [7, 11) is 0. The molecule has 4 heteroatoms. The second-order valence-corrected chi connectivity index (χ2v) is 7.28. The zero-order chi connectivity index (χ0) is 21.1. The van der Waals surface area contributed by atoms with Gasteiger partial charge in [0.2, 0.25) is 0 Å². The number of benzene rings is 4. The number of anilines is 2. The van der Waals surface area contributed by atoms with E-state index in [0.29, 0.717) is 22.5 Å². The topological polar surface area (TPSA) is 58.2 Å². The number of aryl methyl sites for hydroxylation is 2. The Kier molecular flexibility index (Phi) is 5.31. The maximum atomic E-state index is 13.0. The molecule has 0 aliphatic rings. The summed E-state index contributed by atoms with van der Waals surface area (Å²) in [6, 6.07) is 26.2. The maximum absolute atomic E-state index is 13.0. The van der Waals surface area contributed by atoms with Gasteiger partial charge in [0.05, 0.1) is 0 Å². The summed E-state index contributed by atoms with van der Waals surface area (Å²) in [5, 5.41) is 7.89. The Morgan fingerprint density at radius 1 is 0.633 bits per heavy atom. The number of hydrogen-bond acceptors (Lipinski definition) is 2. The van der Waals surface area contributed by atoms with Gasteiger partial charge in [0.15, 0.2) is 0 Å². The molecule has 4 nitrogen and oxygen atoms in total. The minimum absolute atomic E-state index is 0.157. The predicted octanol–water partition coefficient (Wildman–Crippen LogP) is 5.96. The summed E-state index contributed by atoms with van der Waals surface area (Å²) in [5.41, 5.74) is 4.63. The Labute approximate surface area is 175 Å². The molecule has 0 saturated heterocycles. The number of fused-ring (bicyclic) bond motifs is 1. The molecule has 0 aromatic heterocycles. The number of carbonyl (C=O) groups is 2. The lowest BCUT2D eigenvalue weighted by Crippen LogP contribution is -2.14. The van der Waals surface area contributed by atoms with Crippen LogP contribution in [-0.2, 0) is 0 Å². The van der Waals surface area contributed by atoms with Gasteiger partial charge >= 0.3 is 0 Å². The van der Waals surface area contributed by atoms with Crippen LogP contribution >= 0.6 is 0 Å². The first kappa shape index (κ1) is 19.4. The van der Waals surface area contributed by atoms with Crippen molar-refractivity contribution in [2.45, 2.75) is 13.8 Å². The first-order valence-electron chi connectivity index (χ1n) is 9.79. The second kappa shape index (κ2) is 8.21. The van der Waals surface area contributed by atoms with Crippen molar-refractivity contribution < 1.29 is 9.59 Å². The van der Waals surface area contributed by atoms with Crippen molar-refractivity contribution in [2.75, 3.05) is 10.6 Å². The highest BCUT2D eigenvalue weighted by Gasteiger charge is 2.13. The second-order valence-electron chi connectivity index (χ2n) is 7.28. The van der Waals surface area contributed by atoms with E-state index in [1.54, 1.807) is 18.2 Å². The first-order chi connectivity index (χ1) is 14.5. The van der Waals surface area contributed by atoms with Crippen LogP contribution in [0.3, 0.4) is 0 Å². The summed E-state index contributed by atoms with van der Waals surface area (Å²) in [6.07, 6.45) is 0. The van der Waals surface area contributed by atoms with Crippen molar-refractivity contribution in [3.05, 3.63) is 107 Å². The van der Waals surface area contributed by atoms with Crippen LogP contribution in [-0.4, -0.2) is 11.8 Å². The molecule has 30 heavy (non-hydrogen) atoms. The van der Waals surface area contributed by atoms with Crippen LogP contribution in [0.5, 0.6) is 0 Å². The molecule has 4 aromatic rings. The normalized spacial score (nSPS) is 10.6. The lowest BCUT2D eigenvalue weighted by atomic mass is 10.00. The molecule has 0 radical (unpaired) electrons. The minimum Gasteiger partial charge on any atom is -0.322 e. The Balaban J connectivity index is 1.54. The van der Waals surface area contributed by atoms with Crippen LogP contribution in [0.2, 0.25) is 0 Å². The van der Waals surface area contributed by atoms with Crippen molar-refractivity contribution >= 4 is 34.0 Å². The van der Waals surface area contributed by atoms with Gasteiger partial charge in [-0.2, -0.15) is 0 Å². The third-order valence-corrected chi connectivity index (χ3v) is 5.16. The largest absolute Gasteiger partial charge is 0.322 e. The van der Waals surface area contributed by atoms with Gasteiger partial charge in [-0.25, -0.2) is 0 Å². The van der Waals surface area contributed by atoms with Crippen LogP contribution < -0.4 is 10.6 Å². The summed E-state index contributed by atoms with van der Waals surface area (Å²) < 4.78 is 0. The molecule has 0 unspecified atom stereocenters. The molecule has 0 spiro atoms. The van der Waals surface area contributed by atoms with E-state index in [0.717, 1.165) is 21.9 Å². The number of amides is 2. The average Bonchev–Trinajstić information content (AvgIpc) is 2.76. The van der Waals surface area contributed by atoms with Crippen LogP contribution in [0.1, 0.15) is 31.8 Å². The fourth-order valence-corrected chi connectivity index (χ4v) is 3.51. The molecular formula is C26H22N2O2. The fourth-order valence-electron chi connectivity index (χ4n) is 3.51. The number of hydrogen-bond donors (Lipinski definition) is 2. The van der Waals surface area contributed by atoms with Crippen LogP contribution in [0.25, 0.3) is 10.8 Å². The van der Waals surface area contributed by atoms with Gasteiger partial charge in [0.25, 0.3) is 11.8 Å². The van der Waals surface area contributed by atoms with E-state index in [2.05, 4.69) is 10.6 Å². The fraction of sp³-hybridized carbons (Fsp3) is 0.0769. The quantitative estimate of drug-likeness (QED) is 0.449. The highest BCUT2D eigenvalue weighted by molar-refractivity contribution is 6.13. The first-order valence-corrected chi connectivity index (χ1v) is 9.79. The third kappa shape index (κ3) is 3.94. The smallest absolute Gasteiger partial charge is 0.256 e. The Morgan fingerprint density at radius 3 is 2.07 bits per heavy atom. The molecule has 0 fully saturated rings. The molecule has 0 saturated carbocycles. The van der Waals surface area contributed by atoms with E-state index in [-0.39, 0.29) is 11.8 Å². The van der Waals surface area contributed by atoms with E-state index >= 15 is 0 Å². The van der Waals surface area contributed by atoms with Crippen molar-refractivity contribution in [2.24, 2.45) is 0 Å².